The third-order valence-corrected chi connectivity index (χ3v) is 3.49. The van der Waals surface area contributed by atoms with Gasteiger partial charge in [0.25, 0.3) is 5.56 Å². The molecule has 2 radical (unpaired) electrons. The van der Waals surface area contributed by atoms with Crippen LogP contribution in [0.4, 0.5) is 0 Å². The second kappa shape index (κ2) is 2.73. The molecule has 0 amide bonds. The van der Waals surface area contributed by atoms with Crippen LogP contribution in [-0.4, -0.2) is 22.6 Å². The summed E-state index contributed by atoms with van der Waals surface area (Å²) in [7, 11) is 7.59. The Labute approximate surface area is 89.9 Å². The molecule has 1 N–H and O–H groups in total. The van der Waals surface area contributed by atoms with Gasteiger partial charge in [0.2, 0.25) is 0 Å². The Balaban J connectivity index is 2.71. The average molecular weight is 215 g/mol. The second-order valence-corrected chi connectivity index (χ2v) is 4.47. The molecule has 6 heteroatoms. The van der Waals surface area contributed by atoms with Gasteiger partial charge < -0.3 is 4.57 Å². The normalized spacial score (nSPS) is 11.5. The quantitative estimate of drug-likeness (QED) is 0.547. The third-order valence-electron chi connectivity index (χ3n) is 2.50. The third kappa shape index (κ3) is 1.02. The number of aryl methyl sites for hydroxylation is 1. The Kier molecular flexibility index (Phi) is 1.59. The lowest BCUT2D eigenvalue weighted by molar-refractivity contribution is 0.959. The fraction of sp³-hybridized carbons (Fsp3) is 0.111. The predicted octanol–water partition coefficient (Wildman–Crippen LogP) is 0.270. The zero-order chi connectivity index (χ0) is 10.6. The minimum Gasteiger partial charge on any atom is -0.338 e. The molecule has 3 rings (SSSR count). The van der Waals surface area contributed by atoms with Crippen molar-refractivity contribution in [3.05, 3.63) is 22.6 Å². The number of aromatic nitrogens is 3. The summed E-state index contributed by atoms with van der Waals surface area (Å²) < 4.78 is 3.61. The second-order valence-electron chi connectivity index (χ2n) is 3.38. The number of thiophene rings is 1. The lowest BCUT2D eigenvalue weighted by Gasteiger charge is -1.94. The van der Waals surface area contributed by atoms with E-state index >= 15 is 0 Å². The minimum atomic E-state index is -0.169. The van der Waals surface area contributed by atoms with Gasteiger partial charge in [-0.25, -0.2) is 5.10 Å². The molecule has 15 heavy (non-hydrogen) atoms. The van der Waals surface area contributed by atoms with Crippen molar-refractivity contribution in [2.45, 2.75) is 0 Å². The summed E-state index contributed by atoms with van der Waals surface area (Å²) in [5, 5.41) is 7.09. The van der Waals surface area contributed by atoms with Crippen molar-refractivity contribution in [3.8, 4) is 0 Å². The van der Waals surface area contributed by atoms with E-state index in [-0.39, 0.29) is 5.56 Å². The van der Waals surface area contributed by atoms with Crippen LogP contribution in [0, 0.1) is 0 Å². The molecule has 0 aromatic carbocycles. The van der Waals surface area contributed by atoms with Crippen LogP contribution in [0.3, 0.4) is 0 Å². The fourth-order valence-electron chi connectivity index (χ4n) is 1.85. The summed E-state index contributed by atoms with van der Waals surface area (Å²) in [5.41, 5.74) is 1.45. The topological polar surface area (TPSA) is 50.7 Å². The van der Waals surface area contributed by atoms with Gasteiger partial charge in [-0.05, 0) is 10.8 Å². The Bertz CT molecular complexity index is 724. The molecule has 0 bridgehead atoms. The van der Waals surface area contributed by atoms with Crippen LogP contribution >= 0.6 is 11.3 Å². The van der Waals surface area contributed by atoms with Gasteiger partial charge in [0.05, 0.1) is 16.4 Å². The van der Waals surface area contributed by atoms with Gasteiger partial charge in [0, 0.05) is 12.4 Å². The molecule has 3 heterocycles. The highest BCUT2D eigenvalue weighted by atomic mass is 32.1. The zero-order valence-corrected chi connectivity index (χ0v) is 8.76. The van der Waals surface area contributed by atoms with Gasteiger partial charge >= 0.3 is 0 Å². The molecule has 0 aliphatic carbocycles. The van der Waals surface area contributed by atoms with E-state index in [1.54, 1.807) is 6.20 Å². The minimum absolute atomic E-state index is 0.169. The van der Waals surface area contributed by atoms with E-state index in [2.05, 4.69) is 10.2 Å². The number of rotatable bonds is 0. The molecule has 0 saturated carbocycles. The maximum absolute atomic E-state index is 11.6. The van der Waals surface area contributed by atoms with E-state index in [9.17, 15) is 4.79 Å². The van der Waals surface area contributed by atoms with Crippen molar-refractivity contribution in [1.82, 2.24) is 14.8 Å². The Hall–Kier alpha value is -1.56. The fourth-order valence-corrected chi connectivity index (χ4v) is 2.82. The van der Waals surface area contributed by atoms with Crippen LogP contribution in [0.25, 0.3) is 21.1 Å². The van der Waals surface area contributed by atoms with E-state index in [4.69, 9.17) is 7.85 Å². The summed E-state index contributed by atoms with van der Waals surface area (Å²) in [4.78, 5) is 11.6. The Morgan fingerprint density at radius 2 is 2.40 bits per heavy atom. The van der Waals surface area contributed by atoms with E-state index in [0.29, 0.717) is 5.52 Å². The highest BCUT2D eigenvalue weighted by molar-refractivity contribution is 7.27. The van der Waals surface area contributed by atoms with Crippen molar-refractivity contribution in [2.75, 3.05) is 0 Å². The Morgan fingerprint density at radius 3 is 3.20 bits per heavy atom. The van der Waals surface area contributed by atoms with Crippen LogP contribution in [-0.2, 0) is 7.05 Å². The van der Waals surface area contributed by atoms with Gasteiger partial charge in [0.1, 0.15) is 13.4 Å². The number of H-pyrrole nitrogens is 1. The molecule has 4 nitrogen and oxygen atoms in total. The number of hydrogen-bond donors (Lipinski definition) is 1. The first kappa shape index (κ1) is 8.73. The number of nitrogens with zero attached hydrogens (tertiary/aromatic N) is 2. The molecule has 72 valence electrons. The summed E-state index contributed by atoms with van der Waals surface area (Å²) in [6, 6.07) is 1.87. The van der Waals surface area contributed by atoms with Crippen molar-refractivity contribution in [2.24, 2.45) is 7.05 Å². The molecule has 0 aliphatic rings. The Morgan fingerprint density at radius 1 is 1.60 bits per heavy atom. The summed E-state index contributed by atoms with van der Waals surface area (Å²) in [6.07, 6.45) is 1.66. The van der Waals surface area contributed by atoms with E-state index in [1.165, 1.54) is 11.3 Å². The van der Waals surface area contributed by atoms with Gasteiger partial charge in [-0.1, -0.05) is 0 Å². The van der Waals surface area contributed by atoms with Crippen molar-refractivity contribution >= 4 is 45.1 Å². The monoisotopic (exact) mass is 215 g/mol. The molecule has 0 spiro atoms. The molecular weight excluding hydrogens is 209 g/mol. The van der Waals surface area contributed by atoms with E-state index < -0.39 is 0 Å². The smallest absolute Gasteiger partial charge is 0.288 e. The first-order valence-electron chi connectivity index (χ1n) is 4.39. The average Bonchev–Trinajstić information content (AvgIpc) is 2.68. The lowest BCUT2D eigenvalue weighted by Crippen LogP contribution is -2.10. The number of fused-ring (bicyclic) bond motifs is 3. The molecule has 3 aromatic heterocycles. The molecule has 3 aromatic rings. The van der Waals surface area contributed by atoms with Gasteiger partial charge in [-0.15, -0.1) is 11.3 Å². The summed E-state index contributed by atoms with van der Waals surface area (Å²) in [5.74, 6) is 0. The van der Waals surface area contributed by atoms with Crippen molar-refractivity contribution in [3.63, 3.8) is 0 Å². The molecule has 0 aliphatic heterocycles. The molecule has 0 unspecified atom stereocenters. The van der Waals surface area contributed by atoms with E-state index in [1.807, 2.05) is 17.7 Å². The molecule has 0 atom stereocenters. The standard InChI is InChI=1S/C9H6BN3OS/c1-13-5-2-6(10)15-8(5)4-3-11-12-9(14)7(4)13/h2-3H,1H3,(H,12,14). The van der Waals surface area contributed by atoms with Crippen LogP contribution in [0.5, 0.6) is 0 Å². The van der Waals surface area contributed by atoms with Crippen molar-refractivity contribution in [1.29, 1.82) is 0 Å². The molecule has 0 fully saturated rings. The maximum atomic E-state index is 11.6. The van der Waals surface area contributed by atoms with Gasteiger partial charge in [-0.3, -0.25) is 4.79 Å². The zero-order valence-electron chi connectivity index (χ0n) is 7.94. The summed E-state index contributed by atoms with van der Waals surface area (Å²) >= 11 is 1.48. The highest BCUT2D eigenvalue weighted by Crippen LogP contribution is 2.28. The first-order chi connectivity index (χ1) is 7.18. The number of aromatic amines is 1. The number of hydrogen-bond acceptors (Lipinski definition) is 3. The highest BCUT2D eigenvalue weighted by Gasteiger charge is 2.12. The number of nitrogens with one attached hydrogen (secondary N) is 1. The SMILES string of the molecule is [B]c1cc2c(s1)c1cn[nH]c(=O)c1n2C. The lowest BCUT2D eigenvalue weighted by atomic mass is 10.1. The van der Waals surface area contributed by atoms with Crippen LogP contribution in [0.15, 0.2) is 17.1 Å². The van der Waals surface area contributed by atoms with Crippen LogP contribution < -0.4 is 10.3 Å². The molecular formula is C9H6BN3OS. The maximum Gasteiger partial charge on any atom is 0.288 e. The van der Waals surface area contributed by atoms with Gasteiger partial charge in [0.15, 0.2) is 0 Å². The largest absolute Gasteiger partial charge is 0.338 e. The van der Waals surface area contributed by atoms with E-state index in [0.717, 1.165) is 20.4 Å². The molecule has 0 saturated heterocycles. The van der Waals surface area contributed by atoms with Gasteiger partial charge in [-0.2, -0.15) is 5.10 Å². The first-order valence-corrected chi connectivity index (χ1v) is 5.21. The van der Waals surface area contributed by atoms with Crippen LogP contribution in [0.2, 0.25) is 0 Å². The predicted molar refractivity (Wildman–Crippen MR) is 62.1 cm³/mol. The van der Waals surface area contributed by atoms with Crippen molar-refractivity contribution < 1.29 is 0 Å². The summed E-state index contributed by atoms with van der Waals surface area (Å²) in [6.45, 7) is 0. The van der Waals surface area contributed by atoms with Crippen LogP contribution in [0.1, 0.15) is 0 Å².